The lowest BCUT2D eigenvalue weighted by atomic mass is 9.90. The molecule has 1 aromatic heterocycles. The molecule has 0 bridgehead atoms. The summed E-state index contributed by atoms with van der Waals surface area (Å²) in [5.41, 5.74) is 1.35. The summed E-state index contributed by atoms with van der Waals surface area (Å²) in [6.45, 7) is 8.91. The molecule has 0 N–H and O–H groups in total. The Morgan fingerprint density at radius 1 is 1.45 bits per heavy atom. The van der Waals surface area contributed by atoms with Gasteiger partial charge in [0.1, 0.15) is 0 Å². The molecule has 2 heterocycles. The molecule has 5 nitrogen and oxygen atoms in total. The Hall–Kier alpha value is -1.62. The second kappa shape index (κ2) is 6.65. The van der Waals surface area contributed by atoms with E-state index < -0.39 is 0 Å². The van der Waals surface area contributed by atoms with E-state index in [1.807, 2.05) is 40.8 Å². The first-order chi connectivity index (χ1) is 10.3. The highest BCUT2D eigenvalue weighted by molar-refractivity contribution is 5.87. The third-order valence-electron chi connectivity index (χ3n) is 4.05. The van der Waals surface area contributed by atoms with Crippen LogP contribution in [0.4, 0.5) is 0 Å². The first-order valence-corrected chi connectivity index (χ1v) is 7.92. The van der Waals surface area contributed by atoms with E-state index in [1.54, 1.807) is 6.08 Å². The summed E-state index contributed by atoms with van der Waals surface area (Å²) in [5, 5.41) is 4.50. The molecule has 1 unspecified atom stereocenters. The van der Waals surface area contributed by atoms with Crippen LogP contribution in [-0.4, -0.2) is 59.2 Å². The summed E-state index contributed by atoms with van der Waals surface area (Å²) in [4.78, 5) is 16.1. The van der Waals surface area contributed by atoms with Crippen LogP contribution in [0.2, 0.25) is 0 Å². The molecule has 1 aliphatic rings. The van der Waals surface area contributed by atoms with E-state index in [0.717, 1.165) is 26.1 Å². The molecular formula is C17H28N4O. The summed E-state index contributed by atoms with van der Waals surface area (Å²) < 4.78 is 2.03. The molecule has 1 fully saturated rings. The van der Waals surface area contributed by atoms with Crippen LogP contribution in [0.3, 0.4) is 0 Å². The minimum absolute atomic E-state index is 0.104. The zero-order valence-electron chi connectivity index (χ0n) is 14.4. The molecule has 0 aliphatic carbocycles. The molecule has 5 heteroatoms. The zero-order chi connectivity index (χ0) is 16.3. The van der Waals surface area contributed by atoms with E-state index in [-0.39, 0.29) is 11.3 Å². The molecule has 1 aromatic rings. The van der Waals surface area contributed by atoms with Crippen molar-refractivity contribution in [3.05, 3.63) is 30.1 Å². The average Bonchev–Trinajstić information content (AvgIpc) is 3.06. The SMILES string of the molecule is CN(C)C/C=C/C(=O)N1CCC(n2cc(C(C)(C)C)cn2)C1. The fraction of sp³-hybridized carbons (Fsp3) is 0.647. The molecule has 0 radical (unpaired) electrons. The summed E-state index contributed by atoms with van der Waals surface area (Å²) in [5.74, 6) is 0.104. The van der Waals surface area contributed by atoms with Gasteiger partial charge < -0.3 is 9.80 Å². The number of carbonyl (C=O) groups excluding carboxylic acids is 1. The molecule has 1 amide bonds. The maximum Gasteiger partial charge on any atom is 0.246 e. The Balaban J connectivity index is 1.94. The number of hydrogen-bond acceptors (Lipinski definition) is 3. The Labute approximate surface area is 133 Å². The largest absolute Gasteiger partial charge is 0.337 e. The third-order valence-corrected chi connectivity index (χ3v) is 4.05. The summed E-state index contributed by atoms with van der Waals surface area (Å²) in [7, 11) is 3.98. The Bertz CT molecular complexity index is 539. The van der Waals surface area contributed by atoms with Crippen LogP contribution < -0.4 is 0 Å². The van der Waals surface area contributed by atoms with Crippen molar-refractivity contribution in [2.45, 2.75) is 38.6 Å². The van der Waals surface area contributed by atoms with Crippen LogP contribution in [0, 0.1) is 0 Å². The molecule has 22 heavy (non-hydrogen) atoms. The Morgan fingerprint density at radius 3 is 2.77 bits per heavy atom. The van der Waals surface area contributed by atoms with Crippen molar-refractivity contribution in [2.75, 3.05) is 33.7 Å². The van der Waals surface area contributed by atoms with Crippen LogP contribution in [0.15, 0.2) is 24.5 Å². The number of likely N-dealkylation sites (tertiary alicyclic amines) is 1. The number of carbonyl (C=O) groups is 1. The molecular weight excluding hydrogens is 276 g/mol. The van der Waals surface area contributed by atoms with Crippen LogP contribution in [-0.2, 0) is 10.2 Å². The maximum atomic E-state index is 12.2. The van der Waals surface area contributed by atoms with Gasteiger partial charge in [-0.2, -0.15) is 5.10 Å². The first kappa shape index (κ1) is 16.7. The van der Waals surface area contributed by atoms with Crippen LogP contribution in [0.1, 0.15) is 38.8 Å². The summed E-state index contributed by atoms with van der Waals surface area (Å²) in [6, 6.07) is 0.294. The molecule has 1 aliphatic heterocycles. The molecule has 0 spiro atoms. The van der Waals surface area contributed by atoms with E-state index in [0.29, 0.717) is 6.04 Å². The zero-order valence-corrected chi connectivity index (χ0v) is 14.4. The average molecular weight is 304 g/mol. The fourth-order valence-electron chi connectivity index (χ4n) is 2.55. The van der Waals surface area contributed by atoms with Gasteiger partial charge in [-0.3, -0.25) is 9.48 Å². The minimum atomic E-state index is 0.104. The number of amides is 1. The molecule has 122 valence electrons. The number of aromatic nitrogens is 2. The van der Waals surface area contributed by atoms with Gasteiger partial charge in [0.15, 0.2) is 0 Å². The van der Waals surface area contributed by atoms with Crippen molar-refractivity contribution in [2.24, 2.45) is 0 Å². The lowest BCUT2D eigenvalue weighted by Crippen LogP contribution is -2.27. The van der Waals surface area contributed by atoms with Crippen LogP contribution in [0.5, 0.6) is 0 Å². The van der Waals surface area contributed by atoms with Gasteiger partial charge >= 0.3 is 0 Å². The predicted octanol–water partition coefficient (Wildman–Crippen LogP) is 2.07. The molecule has 0 aromatic carbocycles. The highest BCUT2D eigenvalue weighted by Crippen LogP contribution is 2.26. The molecule has 1 saturated heterocycles. The molecule has 1 atom stereocenters. The van der Waals surface area contributed by atoms with Crippen molar-refractivity contribution in [1.29, 1.82) is 0 Å². The highest BCUT2D eigenvalue weighted by Gasteiger charge is 2.27. The van der Waals surface area contributed by atoms with Gasteiger partial charge in [-0.1, -0.05) is 26.8 Å². The predicted molar refractivity (Wildman–Crippen MR) is 88.9 cm³/mol. The first-order valence-electron chi connectivity index (χ1n) is 7.92. The number of likely N-dealkylation sites (N-methyl/N-ethyl adjacent to an activating group) is 1. The van der Waals surface area contributed by atoms with E-state index >= 15 is 0 Å². The maximum absolute atomic E-state index is 12.2. The summed E-state index contributed by atoms with van der Waals surface area (Å²) >= 11 is 0. The van der Waals surface area contributed by atoms with Gasteiger partial charge in [0, 0.05) is 31.9 Å². The van der Waals surface area contributed by atoms with Crippen molar-refractivity contribution in [3.63, 3.8) is 0 Å². The van der Waals surface area contributed by atoms with Crippen molar-refractivity contribution in [3.8, 4) is 0 Å². The van der Waals surface area contributed by atoms with Gasteiger partial charge in [-0.05, 0) is 31.5 Å². The van der Waals surface area contributed by atoms with Crippen molar-refractivity contribution >= 4 is 5.91 Å². The second-order valence-corrected chi connectivity index (χ2v) is 7.35. The van der Waals surface area contributed by atoms with Gasteiger partial charge in [-0.25, -0.2) is 0 Å². The number of rotatable bonds is 4. The topological polar surface area (TPSA) is 41.4 Å². The standard InChI is InChI=1S/C17H28N4O/c1-17(2,3)14-11-18-21(12-14)15-8-10-20(13-15)16(22)7-6-9-19(4)5/h6-7,11-12,15H,8-10,13H2,1-5H3/b7-6+. The minimum Gasteiger partial charge on any atom is -0.337 e. The quantitative estimate of drug-likeness (QED) is 0.800. The van der Waals surface area contributed by atoms with Crippen molar-refractivity contribution < 1.29 is 4.79 Å². The second-order valence-electron chi connectivity index (χ2n) is 7.35. The normalized spacial score (nSPS) is 19.5. The molecule has 2 rings (SSSR count). The number of hydrogen-bond donors (Lipinski definition) is 0. The van der Waals surface area contributed by atoms with Gasteiger partial charge in [0.2, 0.25) is 5.91 Å². The summed E-state index contributed by atoms with van der Waals surface area (Å²) in [6.07, 6.45) is 8.65. The van der Waals surface area contributed by atoms with E-state index in [1.165, 1.54) is 5.56 Å². The smallest absolute Gasteiger partial charge is 0.246 e. The van der Waals surface area contributed by atoms with E-state index in [9.17, 15) is 4.79 Å². The molecule has 0 saturated carbocycles. The van der Waals surface area contributed by atoms with E-state index in [4.69, 9.17) is 0 Å². The van der Waals surface area contributed by atoms with E-state index in [2.05, 4.69) is 32.1 Å². The lowest BCUT2D eigenvalue weighted by Gasteiger charge is -2.16. The third kappa shape index (κ3) is 4.19. The highest BCUT2D eigenvalue weighted by atomic mass is 16.2. The van der Waals surface area contributed by atoms with Gasteiger partial charge in [0.05, 0.1) is 12.2 Å². The van der Waals surface area contributed by atoms with Crippen LogP contribution >= 0.6 is 0 Å². The van der Waals surface area contributed by atoms with Crippen LogP contribution in [0.25, 0.3) is 0 Å². The van der Waals surface area contributed by atoms with Gasteiger partial charge in [-0.15, -0.1) is 0 Å². The fourth-order valence-corrected chi connectivity index (χ4v) is 2.55. The number of nitrogens with zero attached hydrogens (tertiary/aromatic N) is 4. The lowest BCUT2D eigenvalue weighted by molar-refractivity contribution is -0.125. The Morgan fingerprint density at radius 2 is 2.18 bits per heavy atom. The Kier molecular flexibility index (Phi) is 5.06. The monoisotopic (exact) mass is 304 g/mol. The van der Waals surface area contributed by atoms with Crippen molar-refractivity contribution in [1.82, 2.24) is 19.6 Å². The van der Waals surface area contributed by atoms with Gasteiger partial charge in [0.25, 0.3) is 0 Å².